The summed E-state index contributed by atoms with van der Waals surface area (Å²) in [5.74, 6) is 0.00165. The van der Waals surface area contributed by atoms with Crippen LogP contribution >= 0.6 is 24.8 Å². The van der Waals surface area contributed by atoms with Crippen LogP contribution in [0.25, 0.3) is 0 Å². The average Bonchev–Trinajstić information content (AvgIpc) is 2.55. The predicted octanol–water partition coefficient (Wildman–Crippen LogP) is 2.27. The van der Waals surface area contributed by atoms with E-state index >= 15 is 0 Å². The quantitative estimate of drug-likeness (QED) is 0.807. The molecule has 1 aromatic carbocycles. The third kappa shape index (κ3) is 6.76. The average molecular weight is 392 g/mol. The molecule has 1 unspecified atom stereocenters. The summed E-state index contributed by atoms with van der Waals surface area (Å²) in [5, 5.41) is 0. The summed E-state index contributed by atoms with van der Waals surface area (Å²) in [4.78, 5) is 17.0. The summed E-state index contributed by atoms with van der Waals surface area (Å²) in [7, 11) is 0. The Morgan fingerprint density at radius 3 is 2.24 bits per heavy atom. The molecular formula is C18H31Cl2N3O2. The van der Waals surface area contributed by atoms with E-state index in [0.717, 1.165) is 44.9 Å². The van der Waals surface area contributed by atoms with Crippen LogP contribution in [0.1, 0.15) is 26.3 Å². The standard InChI is InChI=1S/C18H29N3O2.2ClH/c1-15(2)23-14-13-20-9-11-21(12-10-20)17(22)18(3,19)16-7-5-4-6-8-16;;/h4-8,15H,9-14,19H2,1-3H3;2*1H. The number of amides is 1. The molecule has 1 amide bonds. The van der Waals surface area contributed by atoms with Gasteiger partial charge >= 0.3 is 0 Å². The van der Waals surface area contributed by atoms with Crippen molar-refractivity contribution < 1.29 is 9.53 Å². The zero-order valence-electron chi connectivity index (χ0n) is 15.3. The maximum atomic E-state index is 12.8. The summed E-state index contributed by atoms with van der Waals surface area (Å²) in [6, 6.07) is 9.59. The zero-order chi connectivity index (χ0) is 16.9. The minimum absolute atomic E-state index is 0. The molecule has 5 nitrogen and oxygen atoms in total. The van der Waals surface area contributed by atoms with Crippen LogP contribution in [-0.2, 0) is 15.1 Å². The Balaban J connectivity index is 0.00000288. The van der Waals surface area contributed by atoms with Crippen molar-refractivity contribution in [1.82, 2.24) is 9.80 Å². The lowest BCUT2D eigenvalue weighted by Gasteiger charge is -2.38. The lowest BCUT2D eigenvalue weighted by molar-refractivity contribution is -0.138. The van der Waals surface area contributed by atoms with Gasteiger partial charge in [0.25, 0.3) is 0 Å². The first-order chi connectivity index (χ1) is 10.9. The number of carbonyl (C=O) groups is 1. The molecule has 1 heterocycles. The number of hydrogen-bond acceptors (Lipinski definition) is 4. The molecule has 0 saturated carbocycles. The van der Waals surface area contributed by atoms with E-state index in [1.165, 1.54) is 0 Å². The third-order valence-electron chi connectivity index (χ3n) is 4.34. The number of benzene rings is 1. The van der Waals surface area contributed by atoms with Gasteiger partial charge in [-0.05, 0) is 26.3 Å². The molecular weight excluding hydrogens is 361 g/mol. The maximum absolute atomic E-state index is 12.8. The number of ether oxygens (including phenoxy) is 1. The highest BCUT2D eigenvalue weighted by molar-refractivity contribution is 5.87. The van der Waals surface area contributed by atoms with Gasteiger partial charge in [0.15, 0.2) is 0 Å². The maximum Gasteiger partial charge on any atom is 0.247 e. The van der Waals surface area contributed by atoms with Crippen molar-refractivity contribution in [3.8, 4) is 0 Å². The monoisotopic (exact) mass is 391 g/mol. The van der Waals surface area contributed by atoms with Crippen LogP contribution in [0.2, 0.25) is 0 Å². The van der Waals surface area contributed by atoms with Crippen LogP contribution < -0.4 is 5.73 Å². The number of hydrogen-bond donors (Lipinski definition) is 1. The van der Waals surface area contributed by atoms with E-state index in [1.54, 1.807) is 6.92 Å². The van der Waals surface area contributed by atoms with Crippen molar-refractivity contribution in [2.45, 2.75) is 32.4 Å². The van der Waals surface area contributed by atoms with Crippen LogP contribution in [0.3, 0.4) is 0 Å². The van der Waals surface area contributed by atoms with Crippen molar-refractivity contribution in [1.29, 1.82) is 0 Å². The molecule has 7 heteroatoms. The van der Waals surface area contributed by atoms with Gasteiger partial charge < -0.3 is 15.4 Å². The van der Waals surface area contributed by atoms with Gasteiger partial charge in [-0.25, -0.2) is 0 Å². The van der Waals surface area contributed by atoms with E-state index in [4.69, 9.17) is 10.5 Å². The van der Waals surface area contributed by atoms with Crippen molar-refractivity contribution in [2.24, 2.45) is 5.73 Å². The van der Waals surface area contributed by atoms with Crippen LogP contribution in [0, 0.1) is 0 Å². The Hall–Kier alpha value is -0.850. The highest BCUT2D eigenvalue weighted by atomic mass is 35.5. The van der Waals surface area contributed by atoms with E-state index in [0.29, 0.717) is 0 Å². The zero-order valence-corrected chi connectivity index (χ0v) is 16.9. The Labute approximate surface area is 163 Å². The second-order valence-electron chi connectivity index (χ2n) is 6.62. The first-order valence-electron chi connectivity index (χ1n) is 8.39. The second-order valence-corrected chi connectivity index (χ2v) is 6.62. The number of carbonyl (C=O) groups excluding carboxylic acids is 1. The van der Waals surface area contributed by atoms with E-state index in [9.17, 15) is 4.79 Å². The highest BCUT2D eigenvalue weighted by Gasteiger charge is 2.35. The molecule has 1 aromatic rings. The lowest BCUT2D eigenvalue weighted by atomic mass is 9.91. The number of piperazine rings is 1. The molecule has 2 N–H and O–H groups in total. The van der Waals surface area contributed by atoms with Gasteiger partial charge in [-0.15, -0.1) is 24.8 Å². The number of nitrogens with zero attached hydrogens (tertiary/aromatic N) is 2. The predicted molar refractivity (Wildman–Crippen MR) is 107 cm³/mol. The first-order valence-corrected chi connectivity index (χ1v) is 8.39. The fraction of sp³-hybridized carbons (Fsp3) is 0.611. The van der Waals surface area contributed by atoms with Gasteiger partial charge in [0, 0.05) is 32.7 Å². The topological polar surface area (TPSA) is 58.8 Å². The molecule has 0 radical (unpaired) electrons. The summed E-state index contributed by atoms with van der Waals surface area (Å²) in [6.07, 6.45) is 0.265. The Bertz CT molecular complexity index is 504. The molecule has 0 aromatic heterocycles. The molecule has 144 valence electrons. The molecule has 0 bridgehead atoms. The van der Waals surface area contributed by atoms with Crippen molar-refractivity contribution >= 4 is 30.7 Å². The smallest absolute Gasteiger partial charge is 0.247 e. The Kier molecular flexibility index (Phi) is 10.6. The molecule has 1 saturated heterocycles. The van der Waals surface area contributed by atoms with Crippen LogP contribution in [0.5, 0.6) is 0 Å². The third-order valence-corrected chi connectivity index (χ3v) is 4.34. The van der Waals surface area contributed by atoms with Gasteiger partial charge in [0.05, 0.1) is 12.7 Å². The minimum atomic E-state index is -0.968. The first kappa shape index (κ1) is 24.1. The molecule has 2 rings (SSSR count). The normalized spacial score (nSPS) is 17.4. The van der Waals surface area contributed by atoms with Crippen molar-refractivity contribution in [3.05, 3.63) is 35.9 Å². The summed E-state index contributed by atoms with van der Waals surface area (Å²) in [5.41, 5.74) is 6.23. The molecule has 1 aliphatic heterocycles. The van der Waals surface area contributed by atoms with E-state index in [-0.39, 0.29) is 36.8 Å². The highest BCUT2D eigenvalue weighted by Crippen LogP contribution is 2.21. The second kappa shape index (κ2) is 11.0. The van der Waals surface area contributed by atoms with E-state index in [1.807, 2.05) is 49.1 Å². The number of nitrogens with two attached hydrogens (primary N) is 1. The van der Waals surface area contributed by atoms with Crippen LogP contribution in [0.4, 0.5) is 0 Å². The molecule has 0 aliphatic carbocycles. The fourth-order valence-corrected chi connectivity index (χ4v) is 2.83. The van der Waals surface area contributed by atoms with Crippen LogP contribution in [-0.4, -0.2) is 61.1 Å². The molecule has 1 fully saturated rings. The van der Waals surface area contributed by atoms with Crippen LogP contribution in [0.15, 0.2) is 30.3 Å². The fourth-order valence-electron chi connectivity index (χ4n) is 2.83. The molecule has 1 atom stereocenters. The van der Waals surface area contributed by atoms with Gasteiger partial charge in [0.2, 0.25) is 5.91 Å². The summed E-state index contributed by atoms with van der Waals surface area (Å²) in [6.45, 7) is 10.7. The van der Waals surface area contributed by atoms with Gasteiger partial charge in [0.1, 0.15) is 5.54 Å². The van der Waals surface area contributed by atoms with Crippen molar-refractivity contribution in [2.75, 3.05) is 39.3 Å². The lowest BCUT2D eigenvalue weighted by Crippen LogP contribution is -2.57. The SMILES string of the molecule is CC(C)OCCN1CCN(C(=O)C(C)(N)c2ccccc2)CC1.Cl.Cl. The molecule has 1 aliphatic rings. The molecule has 0 spiro atoms. The number of rotatable bonds is 6. The Morgan fingerprint density at radius 2 is 1.72 bits per heavy atom. The number of halogens is 2. The van der Waals surface area contributed by atoms with Gasteiger partial charge in [-0.3, -0.25) is 9.69 Å². The van der Waals surface area contributed by atoms with Gasteiger partial charge in [-0.2, -0.15) is 0 Å². The van der Waals surface area contributed by atoms with Crippen molar-refractivity contribution in [3.63, 3.8) is 0 Å². The van der Waals surface area contributed by atoms with Gasteiger partial charge in [-0.1, -0.05) is 30.3 Å². The van der Waals surface area contributed by atoms with E-state index < -0.39 is 5.54 Å². The summed E-state index contributed by atoms with van der Waals surface area (Å²) >= 11 is 0. The molecule has 25 heavy (non-hydrogen) atoms. The largest absolute Gasteiger partial charge is 0.377 e. The Morgan fingerprint density at radius 1 is 1.16 bits per heavy atom. The van der Waals surface area contributed by atoms with E-state index in [2.05, 4.69) is 4.90 Å². The minimum Gasteiger partial charge on any atom is -0.377 e. The summed E-state index contributed by atoms with van der Waals surface area (Å²) < 4.78 is 5.59.